The van der Waals surface area contributed by atoms with Crippen LogP contribution in [0.4, 0.5) is 0 Å². The van der Waals surface area contributed by atoms with Gasteiger partial charge in [-0.1, -0.05) is 110 Å². The van der Waals surface area contributed by atoms with Crippen LogP contribution in [-0.4, -0.2) is 33.7 Å². The van der Waals surface area contributed by atoms with Crippen molar-refractivity contribution in [3.05, 3.63) is 0 Å². The van der Waals surface area contributed by atoms with Gasteiger partial charge in [-0.05, 0) is 38.9 Å². The Balaban J connectivity index is 3.83. The average molecular weight is 519 g/mol. The lowest BCUT2D eigenvalue weighted by Gasteiger charge is -2.28. The lowest BCUT2D eigenvalue weighted by molar-refractivity contribution is -0.139. The summed E-state index contributed by atoms with van der Waals surface area (Å²) in [4.78, 5) is 12.5. The SMILES string of the molecule is CCCCCCCCCCCCCCCCCC(=O)O[Si](CCCCCCS)(OCC)OCC. The molecule has 0 atom stereocenters. The third-order valence-corrected chi connectivity index (χ3v) is 9.65. The minimum Gasteiger partial charge on any atom is -0.473 e. The van der Waals surface area contributed by atoms with Crippen LogP contribution in [0.2, 0.25) is 6.04 Å². The van der Waals surface area contributed by atoms with Gasteiger partial charge in [-0.2, -0.15) is 12.6 Å². The van der Waals surface area contributed by atoms with Crippen LogP contribution >= 0.6 is 12.6 Å². The molecule has 0 spiro atoms. The zero-order valence-corrected chi connectivity index (χ0v) is 24.9. The lowest BCUT2D eigenvalue weighted by Crippen LogP contribution is -2.47. The standard InChI is InChI=1S/C28H58O4SSi/c1-4-7-8-9-10-11-12-13-14-15-16-17-18-19-22-25-28(29)32-34(30-5-2,31-6-3)27-24-21-20-23-26-33/h33H,4-27H2,1-3H3. The fourth-order valence-corrected chi connectivity index (χ4v) is 7.23. The Morgan fingerprint density at radius 1 is 0.588 bits per heavy atom. The molecule has 0 bridgehead atoms. The van der Waals surface area contributed by atoms with Gasteiger partial charge >= 0.3 is 8.80 Å². The van der Waals surface area contributed by atoms with Crippen molar-refractivity contribution in [1.82, 2.24) is 0 Å². The zero-order chi connectivity index (χ0) is 25.2. The molecule has 0 aliphatic carbocycles. The maximum absolute atomic E-state index is 12.5. The first-order chi connectivity index (χ1) is 16.6. The molecule has 0 aromatic carbocycles. The van der Waals surface area contributed by atoms with E-state index in [1.807, 2.05) is 13.8 Å². The molecule has 0 saturated heterocycles. The maximum Gasteiger partial charge on any atom is 0.567 e. The highest BCUT2D eigenvalue weighted by Gasteiger charge is 2.43. The normalized spacial score (nSPS) is 11.8. The molecule has 0 unspecified atom stereocenters. The van der Waals surface area contributed by atoms with Gasteiger partial charge in [0.2, 0.25) is 0 Å². The van der Waals surface area contributed by atoms with Gasteiger partial charge in [-0.15, -0.1) is 0 Å². The summed E-state index contributed by atoms with van der Waals surface area (Å²) in [6.07, 6.45) is 24.7. The molecule has 0 fully saturated rings. The molecule has 34 heavy (non-hydrogen) atoms. The van der Waals surface area contributed by atoms with Crippen LogP contribution in [0.3, 0.4) is 0 Å². The largest absolute Gasteiger partial charge is 0.567 e. The minimum atomic E-state index is -2.90. The second-order valence-corrected chi connectivity index (χ2v) is 12.7. The number of carbonyl (C=O) groups is 1. The van der Waals surface area contributed by atoms with Crippen molar-refractivity contribution < 1.29 is 18.1 Å². The summed E-state index contributed by atoms with van der Waals surface area (Å²) in [5.41, 5.74) is 0. The molecule has 0 N–H and O–H groups in total. The molecule has 0 aromatic heterocycles. The fourth-order valence-electron chi connectivity index (χ4n) is 4.41. The maximum atomic E-state index is 12.5. The molecule has 204 valence electrons. The van der Waals surface area contributed by atoms with E-state index in [-0.39, 0.29) is 5.97 Å². The van der Waals surface area contributed by atoms with E-state index in [0.717, 1.165) is 50.3 Å². The van der Waals surface area contributed by atoms with Gasteiger partial charge in [0.05, 0.1) is 0 Å². The molecule has 0 rings (SSSR count). The Morgan fingerprint density at radius 2 is 1.00 bits per heavy atom. The first kappa shape index (κ1) is 34.0. The van der Waals surface area contributed by atoms with Crippen LogP contribution in [0, 0.1) is 0 Å². The van der Waals surface area contributed by atoms with Gasteiger partial charge in [-0.25, -0.2) is 0 Å². The number of hydrogen-bond donors (Lipinski definition) is 1. The van der Waals surface area contributed by atoms with Crippen molar-refractivity contribution in [2.45, 2.75) is 155 Å². The Hall–Kier alpha value is -0.0431. The molecule has 0 amide bonds. The quantitative estimate of drug-likeness (QED) is 0.0668. The zero-order valence-electron chi connectivity index (χ0n) is 23.1. The first-order valence-corrected chi connectivity index (χ1v) is 17.3. The van der Waals surface area contributed by atoms with Crippen molar-refractivity contribution in [3.63, 3.8) is 0 Å². The van der Waals surface area contributed by atoms with Crippen LogP contribution in [0.5, 0.6) is 0 Å². The van der Waals surface area contributed by atoms with E-state index in [0.29, 0.717) is 19.6 Å². The summed E-state index contributed by atoms with van der Waals surface area (Å²) in [5.74, 6) is 0.784. The molecule has 0 radical (unpaired) electrons. The average Bonchev–Trinajstić information content (AvgIpc) is 2.82. The minimum absolute atomic E-state index is 0.140. The van der Waals surface area contributed by atoms with Crippen molar-refractivity contribution >= 4 is 27.4 Å². The third kappa shape index (κ3) is 21.3. The number of carbonyl (C=O) groups excluding carboxylic acids is 1. The van der Waals surface area contributed by atoms with E-state index in [2.05, 4.69) is 19.6 Å². The Bertz CT molecular complexity index is 431. The monoisotopic (exact) mass is 518 g/mol. The van der Waals surface area contributed by atoms with Gasteiger partial charge < -0.3 is 13.3 Å². The van der Waals surface area contributed by atoms with Crippen molar-refractivity contribution in [1.29, 1.82) is 0 Å². The van der Waals surface area contributed by atoms with Crippen LogP contribution in [0.1, 0.15) is 149 Å². The van der Waals surface area contributed by atoms with Crippen LogP contribution < -0.4 is 0 Å². The molecule has 0 aromatic rings. The Labute approximate surface area is 219 Å². The summed E-state index contributed by atoms with van der Waals surface area (Å²) >= 11 is 4.27. The summed E-state index contributed by atoms with van der Waals surface area (Å²) in [6.45, 7) is 7.22. The molecular formula is C28H58O4SSi. The molecule has 0 heterocycles. The number of hydrogen-bond acceptors (Lipinski definition) is 5. The Kier molecular flexibility index (Phi) is 26.0. The highest BCUT2D eigenvalue weighted by Crippen LogP contribution is 2.22. The van der Waals surface area contributed by atoms with Crippen LogP contribution in [-0.2, 0) is 18.1 Å². The van der Waals surface area contributed by atoms with E-state index in [9.17, 15) is 4.79 Å². The summed E-state index contributed by atoms with van der Waals surface area (Å²) in [5, 5.41) is 0. The summed E-state index contributed by atoms with van der Waals surface area (Å²) in [7, 11) is -2.90. The second-order valence-electron chi connectivity index (χ2n) is 9.61. The summed E-state index contributed by atoms with van der Waals surface area (Å²) < 4.78 is 17.8. The molecule has 6 heteroatoms. The van der Waals surface area contributed by atoms with Gasteiger partial charge in [0.25, 0.3) is 5.97 Å². The van der Waals surface area contributed by atoms with Crippen LogP contribution in [0.25, 0.3) is 0 Å². The molecule has 0 saturated carbocycles. The van der Waals surface area contributed by atoms with E-state index in [4.69, 9.17) is 13.3 Å². The van der Waals surface area contributed by atoms with Gasteiger partial charge in [0, 0.05) is 25.7 Å². The lowest BCUT2D eigenvalue weighted by atomic mass is 10.0. The summed E-state index contributed by atoms with van der Waals surface area (Å²) in [6, 6.07) is 0.728. The highest BCUT2D eigenvalue weighted by atomic mass is 32.1. The third-order valence-electron chi connectivity index (χ3n) is 6.37. The predicted molar refractivity (Wildman–Crippen MR) is 152 cm³/mol. The highest BCUT2D eigenvalue weighted by molar-refractivity contribution is 7.80. The Morgan fingerprint density at radius 3 is 1.44 bits per heavy atom. The van der Waals surface area contributed by atoms with E-state index in [1.165, 1.54) is 83.5 Å². The molecule has 0 aliphatic heterocycles. The molecular weight excluding hydrogens is 460 g/mol. The topological polar surface area (TPSA) is 44.8 Å². The number of rotatable bonds is 27. The van der Waals surface area contributed by atoms with E-state index < -0.39 is 8.80 Å². The van der Waals surface area contributed by atoms with Crippen molar-refractivity contribution in [3.8, 4) is 0 Å². The van der Waals surface area contributed by atoms with Crippen LogP contribution in [0.15, 0.2) is 0 Å². The van der Waals surface area contributed by atoms with E-state index in [1.54, 1.807) is 0 Å². The number of unbranched alkanes of at least 4 members (excludes halogenated alkanes) is 17. The smallest absolute Gasteiger partial charge is 0.473 e. The fraction of sp³-hybridized carbons (Fsp3) is 0.964. The first-order valence-electron chi connectivity index (χ1n) is 14.7. The van der Waals surface area contributed by atoms with Crippen molar-refractivity contribution in [2.24, 2.45) is 0 Å². The molecule has 4 nitrogen and oxygen atoms in total. The molecule has 0 aliphatic rings. The van der Waals surface area contributed by atoms with Gasteiger partial charge in [-0.3, -0.25) is 4.79 Å². The van der Waals surface area contributed by atoms with E-state index >= 15 is 0 Å². The van der Waals surface area contributed by atoms with Gasteiger partial charge in [0.15, 0.2) is 0 Å². The second kappa shape index (κ2) is 26.0. The predicted octanol–water partition coefficient (Wildman–Crippen LogP) is 9.29. The number of thiol groups is 1. The van der Waals surface area contributed by atoms with Crippen molar-refractivity contribution in [2.75, 3.05) is 19.0 Å². The van der Waals surface area contributed by atoms with Gasteiger partial charge in [0.1, 0.15) is 0 Å².